The van der Waals surface area contributed by atoms with Crippen LogP contribution in [0, 0.1) is 17.8 Å². The second kappa shape index (κ2) is 39.2. The molecule has 0 spiro atoms. The van der Waals surface area contributed by atoms with Crippen molar-refractivity contribution in [3.05, 3.63) is 35.9 Å². The Kier molecular flexibility index (Phi) is 34.9. The smallest absolute Gasteiger partial charge is 0.326 e. The number of hydrogen-bond acceptors (Lipinski definition) is 19. The first-order valence-corrected chi connectivity index (χ1v) is 29.2. The zero-order valence-corrected chi connectivity index (χ0v) is 50.6. The van der Waals surface area contributed by atoms with Crippen molar-refractivity contribution in [2.24, 2.45) is 23.5 Å². The number of carbonyl (C=O) groups excluding carboxylic acids is 11. The Morgan fingerprint density at radius 2 is 0.942 bits per heavy atom. The third-order valence-electron chi connectivity index (χ3n) is 12.8. The minimum absolute atomic E-state index is 0.00243. The van der Waals surface area contributed by atoms with Crippen LogP contribution in [0.2, 0.25) is 0 Å². The fourth-order valence-corrected chi connectivity index (χ4v) is 8.44. The highest BCUT2D eigenvalue weighted by molar-refractivity contribution is 7.98. The summed E-state index contributed by atoms with van der Waals surface area (Å²) in [5.74, 6) is -14.5. The van der Waals surface area contributed by atoms with Crippen LogP contribution in [-0.4, -0.2) is 218 Å². The number of hydrogen-bond donors (Lipinski definition) is 18. The summed E-state index contributed by atoms with van der Waals surface area (Å²) in [5.41, 5.74) is 6.25. The number of rotatable bonds is 40. The van der Waals surface area contributed by atoms with Gasteiger partial charge in [-0.15, -0.1) is 0 Å². The number of carbonyl (C=O) groups is 13. The number of nitrogens with one attached hydrogen (secondary N) is 11. The van der Waals surface area contributed by atoms with Gasteiger partial charge in [0.05, 0.1) is 32.5 Å². The third-order valence-corrected chi connectivity index (χ3v) is 13.4. The average molecular weight is 1240 g/mol. The van der Waals surface area contributed by atoms with E-state index >= 15 is 0 Å². The Balaban J connectivity index is 3.19. The molecular weight excluding hydrogens is 1150 g/mol. The molecule has 32 heteroatoms. The molecule has 0 fully saturated rings. The summed E-state index contributed by atoms with van der Waals surface area (Å²) in [6.45, 7) is 8.79. The van der Waals surface area contributed by atoms with E-state index in [1.165, 1.54) is 32.5 Å². The Morgan fingerprint density at radius 1 is 0.488 bits per heavy atom. The fraction of sp³-hybridized carbons (Fsp3) is 0.648. The summed E-state index contributed by atoms with van der Waals surface area (Å²) in [4.78, 5) is 171. The summed E-state index contributed by atoms with van der Waals surface area (Å²) < 4.78 is 0. The molecule has 19 N–H and O–H groups in total. The molecule has 1 aromatic rings. The molecule has 0 bridgehead atoms. The molecule has 0 aromatic heterocycles. The Bertz CT molecular complexity index is 2460. The highest BCUT2D eigenvalue weighted by Gasteiger charge is 2.37. The van der Waals surface area contributed by atoms with Crippen LogP contribution in [0.3, 0.4) is 0 Å². The molecule has 12 atom stereocenters. The van der Waals surface area contributed by atoms with Gasteiger partial charge in [-0.2, -0.15) is 11.8 Å². The molecule has 0 unspecified atom stereocenters. The molecule has 1 aromatic carbocycles. The standard InChI is InChI=1S/C54H88N12O19S/c1-26(2)19-35(60-45(75)32(55)23-67)50(80)61-37(21-31-13-11-10-12-14-31)48(78)57-29(7)44(74)63-38(24-68)46(76)56-22-40(71)65-42(28(5)6)52(82)62-36(20-27(3)4)49(79)58-33(15-16-41(72)73)47(77)66-43(30(8)70)53(83)64-39(25-69)51(81)59-34(54(84)85)17-18-86-9/h10-14,26-30,32-39,42-43,67-70H,15-25,55H2,1-9H3,(H,56,76)(H,57,78)(H,58,79)(H,59,81)(H,60,75)(H,61,80)(H,62,82)(H,63,74)(H,64,83)(H,65,71)(H,66,77)(H,72,73)(H,84,85)/t29-,30+,32-,33-,34-,35-,36-,37-,38-,39-,42-,43-/m0/s1. The minimum atomic E-state index is -1.89. The minimum Gasteiger partial charge on any atom is -0.481 e. The summed E-state index contributed by atoms with van der Waals surface area (Å²) in [7, 11) is 0. The van der Waals surface area contributed by atoms with Crippen molar-refractivity contribution < 1.29 is 93.0 Å². The molecule has 31 nitrogen and oxygen atoms in total. The molecule has 11 amide bonds. The number of carboxylic acids is 2. The zero-order chi connectivity index (χ0) is 65.5. The van der Waals surface area contributed by atoms with E-state index in [0.29, 0.717) is 11.3 Å². The van der Waals surface area contributed by atoms with Crippen molar-refractivity contribution in [2.75, 3.05) is 38.4 Å². The third kappa shape index (κ3) is 28.1. The van der Waals surface area contributed by atoms with Crippen molar-refractivity contribution in [1.82, 2.24) is 58.5 Å². The van der Waals surface area contributed by atoms with E-state index < -0.39 is 195 Å². The van der Waals surface area contributed by atoms with E-state index in [1.807, 2.05) is 0 Å². The lowest BCUT2D eigenvalue weighted by Crippen LogP contribution is -2.62. The highest BCUT2D eigenvalue weighted by Crippen LogP contribution is 2.12. The van der Waals surface area contributed by atoms with Gasteiger partial charge < -0.3 is 94.9 Å². The molecule has 484 valence electrons. The maximum absolute atomic E-state index is 13.9. The number of carboxylic acid groups (broad SMARTS) is 2. The number of aliphatic hydroxyl groups excluding tert-OH is 4. The normalized spacial score (nSPS) is 15.4. The second-order valence-corrected chi connectivity index (χ2v) is 22.5. The van der Waals surface area contributed by atoms with Gasteiger partial charge in [-0.25, -0.2) is 4.79 Å². The van der Waals surface area contributed by atoms with Crippen LogP contribution in [0.4, 0.5) is 0 Å². The molecule has 1 rings (SSSR count). The topological polar surface area (TPSA) is 502 Å². The fourth-order valence-electron chi connectivity index (χ4n) is 7.97. The van der Waals surface area contributed by atoms with Crippen LogP contribution in [0.1, 0.15) is 93.1 Å². The molecule has 0 aliphatic heterocycles. The number of amides is 11. The number of thioether (sulfide) groups is 1. The van der Waals surface area contributed by atoms with Crippen LogP contribution in [-0.2, 0) is 68.7 Å². The van der Waals surface area contributed by atoms with Gasteiger partial charge in [-0.05, 0) is 74.9 Å². The highest BCUT2D eigenvalue weighted by atomic mass is 32.2. The Labute approximate surface area is 502 Å². The van der Waals surface area contributed by atoms with E-state index in [1.54, 1.807) is 64.3 Å². The Hall–Kier alpha value is -7.52. The van der Waals surface area contributed by atoms with Crippen molar-refractivity contribution in [3.63, 3.8) is 0 Å². The average Bonchev–Trinajstić information content (AvgIpc) is 3.45. The van der Waals surface area contributed by atoms with Crippen LogP contribution < -0.4 is 64.2 Å². The van der Waals surface area contributed by atoms with E-state index in [0.717, 1.165) is 6.92 Å². The number of benzene rings is 1. The molecule has 0 aliphatic rings. The van der Waals surface area contributed by atoms with Gasteiger partial charge in [0.1, 0.15) is 66.5 Å². The van der Waals surface area contributed by atoms with Gasteiger partial charge in [0.25, 0.3) is 0 Å². The van der Waals surface area contributed by atoms with E-state index in [9.17, 15) is 93.0 Å². The van der Waals surface area contributed by atoms with Gasteiger partial charge in [-0.3, -0.25) is 57.5 Å². The van der Waals surface area contributed by atoms with Gasteiger partial charge >= 0.3 is 11.9 Å². The van der Waals surface area contributed by atoms with Crippen molar-refractivity contribution >= 4 is 88.7 Å². The monoisotopic (exact) mass is 1240 g/mol. The summed E-state index contributed by atoms with van der Waals surface area (Å²) in [6.07, 6.45) is -1.35. The lowest BCUT2D eigenvalue weighted by molar-refractivity contribution is -0.143. The van der Waals surface area contributed by atoms with E-state index in [-0.39, 0.29) is 37.5 Å². The lowest BCUT2D eigenvalue weighted by Gasteiger charge is -2.29. The quantitative estimate of drug-likeness (QED) is 0.0291. The van der Waals surface area contributed by atoms with Gasteiger partial charge in [-0.1, -0.05) is 71.9 Å². The molecule has 0 radical (unpaired) electrons. The van der Waals surface area contributed by atoms with Gasteiger partial charge in [0, 0.05) is 12.8 Å². The first-order chi connectivity index (χ1) is 40.3. The maximum Gasteiger partial charge on any atom is 0.326 e. The largest absolute Gasteiger partial charge is 0.481 e. The first kappa shape index (κ1) is 76.5. The second-order valence-electron chi connectivity index (χ2n) is 21.5. The molecular formula is C54H88N12O19S. The van der Waals surface area contributed by atoms with Crippen molar-refractivity contribution in [2.45, 2.75) is 166 Å². The molecule has 0 saturated heterocycles. The predicted octanol–water partition coefficient (Wildman–Crippen LogP) is -5.65. The first-order valence-electron chi connectivity index (χ1n) is 27.8. The van der Waals surface area contributed by atoms with Crippen LogP contribution in [0.25, 0.3) is 0 Å². The van der Waals surface area contributed by atoms with Crippen LogP contribution in [0.15, 0.2) is 30.3 Å². The lowest BCUT2D eigenvalue weighted by atomic mass is 9.99. The summed E-state index contributed by atoms with van der Waals surface area (Å²) in [6, 6.07) is -8.04. The maximum atomic E-state index is 13.9. The summed E-state index contributed by atoms with van der Waals surface area (Å²) >= 11 is 1.30. The molecule has 0 aliphatic carbocycles. The van der Waals surface area contributed by atoms with Crippen molar-refractivity contribution in [3.8, 4) is 0 Å². The zero-order valence-electron chi connectivity index (χ0n) is 49.8. The van der Waals surface area contributed by atoms with Crippen LogP contribution >= 0.6 is 11.8 Å². The summed E-state index contributed by atoms with van der Waals surface area (Å²) in [5, 5.41) is 84.8. The van der Waals surface area contributed by atoms with Crippen LogP contribution in [0.5, 0.6) is 0 Å². The SMILES string of the molecule is CSCC[C@H](NC(=O)[C@H](CO)NC(=O)[C@@H](NC(=O)[C@H](CCC(=O)O)NC(=O)[C@H](CC(C)C)NC(=O)[C@@H](NC(=O)CNC(=O)[C@H](CO)NC(=O)[C@H](C)NC(=O)[C@H](Cc1ccccc1)NC(=O)[C@H](CC(C)C)NC(=O)[C@@H](N)CO)C(C)C)[C@@H](C)O)C(=O)O. The van der Waals surface area contributed by atoms with Crippen molar-refractivity contribution in [1.29, 1.82) is 0 Å². The molecule has 0 heterocycles. The number of aliphatic carboxylic acids is 2. The number of aliphatic hydroxyl groups is 4. The number of nitrogens with two attached hydrogens (primary N) is 1. The molecule has 0 saturated carbocycles. The van der Waals surface area contributed by atoms with E-state index in [4.69, 9.17) is 5.73 Å². The van der Waals surface area contributed by atoms with Gasteiger partial charge in [0.2, 0.25) is 65.0 Å². The Morgan fingerprint density at radius 3 is 1.43 bits per heavy atom. The predicted molar refractivity (Wildman–Crippen MR) is 310 cm³/mol. The van der Waals surface area contributed by atoms with E-state index in [2.05, 4.69) is 58.5 Å². The van der Waals surface area contributed by atoms with Gasteiger partial charge in [0.15, 0.2) is 0 Å². The molecule has 86 heavy (non-hydrogen) atoms.